The van der Waals surface area contributed by atoms with E-state index in [4.69, 9.17) is 0 Å². The van der Waals surface area contributed by atoms with Gasteiger partial charge in [-0.2, -0.15) is 0 Å². The number of rotatable bonds is 1. The average Bonchev–Trinajstić information content (AvgIpc) is 2.50. The predicted molar refractivity (Wildman–Crippen MR) is 87.3 cm³/mol. The molecule has 112 valence electrons. The highest BCUT2D eigenvalue weighted by Gasteiger charge is 2.15. The average molecular weight is 294 g/mol. The number of aromatic nitrogens is 2. The standard InChI is InChI=1S/C18H18N2O2/c1-18(2,3)13-10-8-12(9-11-13)16-19-15-7-5-4-6-14(15)17(21)20(16)22/h4-11,22H,1-3H3. The Hall–Kier alpha value is -2.62. The van der Waals surface area contributed by atoms with Crippen molar-refractivity contribution in [3.05, 3.63) is 64.4 Å². The van der Waals surface area contributed by atoms with Crippen molar-refractivity contribution in [2.75, 3.05) is 0 Å². The Balaban J connectivity index is 2.18. The van der Waals surface area contributed by atoms with Crippen LogP contribution in [-0.4, -0.2) is 14.9 Å². The van der Waals surface area contributed by atoms with E-state index >= 15 is 0 Å². The quantitative estimate of drug-likeness (QED) is 0.698. The van der Waals surface area contributed by atoms with E-state index in [0.29, 0.717) is 21.2 Å². The maximum Gasteiger partial charge on any atom is 0.294 e. The molecule has 0 amide bonds. The maximum absolute atomic E-state index is 12.2. The third-order valence-corrected chi connectivity index (χ3v) is 3.76. The highest BCUT2D eigenvalue weighted by atomic mass is 16.5. The van der Waals surface area contributed by atoms with Gasteiger partial charge in [0, 0.05) is 5.56 Å². The smallest absolute Gasteiger partial charge is 0.294 e. The molecule has 1 aromatic heterocycles. The molecule has 0 radical (unpaired) electrons. The Bertz CT molecular complexity index is 888. The maximum atomic E-state index is 12.2. The lowest BCUT2D eigenvalue weighted by Gasteiger charge is -2.19. The minimum absolute atomic E-state index is 0.0498. The van der Waals surface area contributed by atoms with Crippen molar-refractivity contribution < 1.29 is 5.21 Å². The van der Waals surface area contributed by atoms with Crippen molar-refractivity contribution in [3.8, 4) is 11.4 Å². The van der Waals surface area contributed by atoms with Gasteiger partial charge >= 0.3 is 0 Å². The van der Waals surface area contributed by atoms with Gasteiger partial charge in [-0.15, -0.1) is 4.73 Å². The number of para-hydroxylation sites is 1. The zero-order valence-corrected chi connectivity index (χ0v) is 12.9. The van der Waals surface area contributed by atoms with Crippen LogP contribution in [0.2, 0.25) is 0 Å². The fourth-order valence-electron chi connectivity index (χ4n) is 2.43. The Kier molecular flexibility index (Phi) is 3.24. The lowest BCUT2D eigenvalue weighted by molar-refractivity contribution is 0.178. The normalized spacial score (nSPS) is 11.8. The molecule has 22 heavy (non-hydrogen) atoms. The fourth-order valence-corrected chi connectivity index (χ4v) is 2.43. The first-order chi connectivity index (χ1) is 10.4. The van der Waals surface area contributed by atoms with E-state index in [1.165, 1.54) is 5.56 Å². The summed E-state index contributed by atoms with van der Waals surface area (Å²) in [6.45, 7) is 6.41. The molecule has 0 spiro atoms. The van der Waals surface area contributed by atoms with Crippen LogP contribution in [0.5, 0.6) is 0 Å². The molecule has 0 aliphatic carbocycles. The van der Waals surface area contributed by atoms with Crippen LogP contribution in [0.25, 0.3) is 22.3 Å². The third kappa shape index (κ3) is 2.37. The van der Waals surface area contributed by atoms with Gasteiger partial charge in [0.05, 0.1) is 10.9 Å². The molecule has 0 aliphatic heterocycles. The molecule has 1 N–H and O–H groups in total. The summed E-state index contributed by atoms with van der Waals surface area (Å²) in [6.07, 6.45) is 0. The van der Waals surface area contributed by atoms with Crippen LogP contribution in [0.1, 0.15) is 26.3 Å². The van der Waals surface area contributed by atoms with Crippen LogP contribution in [0, 0.1) is 0 Å². The Morgan fingerprint density at radius 1 is 1.00 bits per heavy atom. The second-order valence-corrected chi connectivity index (χ2v) is 6.40. The molecule has 1 heterocycles. The monoisotopic (exact) mass is 294 g/mol. The summed E-state index contributed by atoms with van der Waals surface area (Å²) >= 11 is 0. The molecule has 0 atom stereocenters. The minimum Gasteiger partial charge on any atom is -0.423 e. The molecule has 4 heteroatoms. The van der Waals surface area contributed by atoms with Crippen LogP contribution in [-0.2, 0) is 5.41 Å². The lowest BCUT2D eigenvalue weighted by Crippen LogP contribution is -2.21. The zero-order chi connectivity index (χ0) is 15.9. The van der Waals surface area contributed by atoms with Crippen LogP contribution in [0.4, 0.5) is 0 Å². The van der Waals surface area contributed by atoms with Crippen molar-refractivity contribution in [1.29, 1.82) is 0 Å². The van der Waals surface area contributed by atoms with E-state index in [9.17, 15) is 10.0 Å². The first-order valence-corrected chi connectivity index (χ1v) is 7.20. The van der Waals surface area contributed by atoms with Gasteiger partial charge < -0.3 is 5.21 Å². The molecule has 0 saturated heterocycles. The van der Waals surface area contributed by atoms with E-state index in [1.54, 1.807) is 18.2 Å². The predicted octanol–water partition coefficient (Wildman–Crippen LogP) is 3.60. The summed E-state index contributed by atoms with van der Waals surface area (Å²) in [5.41, 5.74) is 2.06. The van der Waals surface area contributed by atoms with E-state index < -0.39 is 5.56 Å². The first kappa shape index (κ1) is 14.3. The van der Waals surface area contributed by atoms with E-state index in [1.807, 2.05) is 30.3 Å². The lowest BCUT2D eigenvalue weighted by atomic mass is 9.87. The van der Waals surface area contributed by atoms with Crippen LogP contribution in [0.15, 0.2) is 53.3 Å². The van der Waals surface area contributed by atoms with Crippen LogP contribution in [0.3, 0.4) is 0 Å². The van der Waals surface area contributed by atoms with Crippen molar-refractivity contribution >= 4 is 10.9 Å². The molecule has 3 aromatic rings. The van der Waals surface area contributed by atoms with Gasteiger partial charge in [0.25, 0.3) is 5.56 Å². The SMILES string of the molecule is CC(C)(C)c1ccc(-c2nc3ccccc3c(=O)n2O)cc1. The molecule has 0 bridgehead atoms. The van der Waals surface area contributed by atoms with Crippen LogP contribution < -0.4 is 5.56 Å². The second kappa shape index (κ2) is 4.98. The summed E-state index contributed by atoms with van der Waals surface area (Å²) < 4.78 is 0.619. The van der Waals surface area contributed by atoms with Crippen molar-refractivity contribution in [2.24, 2.45) is 0 Å². The number of fused-ring (bicyclic) bond motifs is 1. The molecule has 0 saturated carbocycles. The first-order valence-electron chi connectivity index (χ1n) is 7.20. The third-order valence-electron chi connectivity index (χ3n) is 3.76. The number of nitrogens with zero attached hydrogens (tertiary/aromatic N) is 2. The molecular formula is C18H18N2O2. The highest BCUT2D eigenvalue weighted by molar-refractivity contribution is 5.79. The van der Waals surface area contributed by atoms with E-state index in [-0.39, 0.29) is 11.2 Å². The van der Waals surface area contributed by atoms with Crippen LogP contribution >= 0.6 is 0 Å². The number of benzene rings is 2. The van der Waals surface area contributed by atoms with E-state index in [2.05, 4.69) is 25.8 Å². The van der Waals surface area contributed by atoms with Gasteiger partial charge in [-0.05, 0) is 23.1 Å². The van der Waals surface area contributed by atoms with Gasteiger partial charge in [0.1, 0.15) is 0 Å². The Morgan fingerprint density at radius 2 is 1.64 bits per heavy atom. The Labute approximate surface area is 128 Å². The van der Waals surface area contributed by atoms with E-state index in [0.717, 1.165) is 0 Å². The second-order valence-electron chi connectivity index (χ2n) is 6.40. The molecule has 3 rings (SSSR count). The zero-order valence-electron chi connectivity index (χ0n) is 12.9. The largest absolute Gasteiger partial charge is 0.423 e. The topological polar surface area (TPSA) is 55.1 Å². The summed E-state index contributed by atoms with van der Waals surface area (Å²) in [7, 11) is 0. The van der Waals surface area contributed by atoms with Gasteiger partial charge in [0.2, 0.25) is 0 Å². The molecule has 0 unspecified atom stereocenters. The fraction of sp³-hybridized carbons (Fsp3) is 0.222. The van der Waals surface area contributed by atoms with Gasteiger partial charge in [0.15, 0.2) is 5.82 Å². The summed E-state index contributed by atoms with van der Waals surface area (Å²) in [6, 6.07) is 14.8. The molecule has 0 fully saturated rings. The number of hydrogen-bond acceptors (Lipinski definition) is 3. The summed E-state index contributed by atoms with van der Waals surface area (Å²) in [5, 5.41) is 10.5. The number of hydrogen-bond donors (Lipinski definition) is 1. The van der Waals surface area contributed by atoms with Crippen molar-refractivity contribution in [3.63, 3.8) is 0 Å². The summed E-state index contributed by atoms with van der Waals surface area (Å²) in [4.78, 5) is 16.6. The van der Waals surface area contributed by atoms with Gasteiger partial charge in [-0.3, -0.25) is 4.79 Å². The van der Waals surface area contributed by atoms with Crippen molar-refractivity contribution in [2.45, 2.75) is 26.2 Å². The van der Waals surface area contributed by atoms with Gasteiger partial charge in [-0.1, -0.05) is 57.2 Å². The molecule has 2 aromatic carbocycles. The molecule has 4 nitrogen and oxygen atoms in total. The molecular weight excluding hydrogens is 276 g/mol. The van der Waals surface area contributed by atoms with Crippen molar-refractivity contribution in [1.82, 2.24) is 9.71 Å². The molecule has 0 aliphatic rings. The minimum atomic E-state index is -0.458. The van der Waals surface area contributed by atoms with Gasteiger partial charge in [-0.25, -0.2) is 4.98 Å². The highest BCUT2D eigenvalue weighted by Crippen LogP contribution is 2.25. The summed E-state index contributed by atoms with van der Waals surface area (Å²) in [5.74, 6) is 0.254. The Morgan fingerprint density at radius 3 is 2.27 bits per heavy atom.